The van der Waals surface area contributed by atoms with Gasteiger partial charge in [0, 0.05) is 5.69 Å². The van der Waals surface area contributed by atoms with Gasteiger partial charge in [0.05, 0.1) is 17.7 Å². The number of hydrogen-bond donors (Lipinski definition) is 3. The van der Waals surface area contributed by atoms with Crippen LogP contribution in [-0.4, -0.2) is 31.9 Å². The number of anilines is 3. The zero-order chi connectivity index (χ0) is 19.7. The third kappa shape index (κ3) is 3.89. The topological polar surface area (TPSA) is 74.5 Å². The summed E-state index contributed by atoms with van der Waals surface area (Å²) in [5.41, 5.74) is 0.337. The molecule has 148 valence electrons. The first-order valence-corrected chi connectivity index (χ1v) is 9.15. The number of rotatable bonds is 4. The van der Waals surface area contributed by atoms with Crippen LogP contribution in [0.1, 0.15) is 31.2 Å². The SMILES string of the molecule is O[C@H]1CCCC[C@H]1Nc1cccc2nc(Nc3ccc(C(F)(F)F)cc3)nn12. The summed E-state index contributed by atoms with van der Waals surface area (Å²) in [6, 6.07) is 10.1. The van der Waals surface area contributed by atoms with Crippen LogP contribution in [0.3, 0.4) is 0 Å². The number of hydrogen-bond acceptors (Lipinski definition) is 5. The summed E-state index contributed by atoms with van der Waals surface area (Å²) < 4.78 is 39.7. The van der Waals surface area contributed by atoms with E-state index in [-0.39, 0.29) is 12.0 Å². The van der Waals surface area contributed by atoms with E-state index in [1.54, 1.807) is 10.6 Å². The van der Waals surface area contributed by atoms with Gasteiger partial charge in [-0.25, -0.2) is 0 Å². The van der Waals surface area contributed by atoms with Crippen molar-refractivity contribution < 1.29 is 18.3 Å². The average molecular weight is 391 g/mol. The van der Waals surface area contributed by atoms with Gasteiger partial charge in [-0.15, -0.1) is 5.10 Å². The largest absolute Gasteiger partial charge is 0.416 e. The smallest absolute Gasteiger partial charge is 0.391 e. The van der Waals surface area contributed by atoms with E-state index < -0.39 is 17.8 Å². The molecule has 3 aromatic rings. The highest BCUT2D eigenvalue weighted by molar-refractivity contribution is 5.58. The lowest BCUT2D eigenvalue weighted by atomic mass is 9.92. The number of nitrogens with zero attached hydrogens (tertiary/aromatic N) is 3. The van der Waals surface area contributed by atoms with Crippen LogP contribution in [0.4, 0.5) is 30.6 Å². The number of halogens is 3. The Labute approximate surface area is 159 Å². The molecule has 28 heavy (non-hydrogen) atoms. The second-order valence-corrected chi connectivity index (χ2v) is 6.92. The van der Waals surface area contributed by atoms with Gasteiger partial charge in [0.2, 0.25) is 5.95 Å². The standard InChI is InChI=1S/C19H20F3N5O/c20-19(21,22)12-8-10-13(11-9-12)23-18-25-17-7-3-6-16(27(17)26-18)24-14-4-1-2-5-15(14)28/h3,6-11,14-15,24,28H,1-2,4-5H2,(H,23,26)/t14-,15+/m1/s1. The predicted octanol–water partition coefficient (Wildman–Crippen LogP) is 4.21. The molecule has 4 rings (SSSR count). The van der Waals surface area contributed by atoms with Gasteiger partial charge in [-0.3, -0.25) is 0 Å². The van der Waals surface area contributed by atoms with Crippen LogP contribution < -0.4 is 10.6 Å². The molecule has 9 heteroatoms. The molecule has 0 radical (unpaired) electrons. The van der Waals surface area contributed by atoms with Crippen molar-refractivity contribution in [3.8, 4) is 0 Å². The van der Waals surface area contributed by atoms with Crippen LogP contribution in [0.2, 0.25) is 0 Å². The van der Waals surface area contributed by atoms with Gasteiger partial charge >= 0.3 is 6.18 Å². The molecule has 0 aliphatic heterocycles. The number of benzene rings is 1. The van der Waals surface area contributed by atoms with Gasteiger partial charge in [-0.2, -0.15) is 22.7 Å². The van der Waals surface area contributed by atoms with Crippen LogP contribution in [0, 0.1) is 0 Å². The van der Waals surface area contributed by atoms with E-state index in [1.807, 2.05) is 12.1 Å². The number of alkyl halides is 3. The number of aromatic nitrogens is 3. The minimum Gasteiger partial charge on any atom is -0.391 e. The van der Waals surface area contributed by atoms with Crippen LogP contribution >= 0.6 is 0 Å². The van der Waals surface area contributed by atoms with Crippen LogP contribution in [0.15, 0.2) is 42.5 Å². The average Bonchev–Trinajstić information content (AvgIpc) is 3.07. The summed E-state index contributed by atoms with van der Waals surface area (Å²) in [7, 11) is 0. The van der Waals surface area contributed by atoms with Gasteiger partial charge in [-0.1, -0.05) is 18.9 Å². The Hall–Kier alpha value is -2.81. The van der Waals surface area contributed by atoms with E-state index in [0.717, 1.165) is 37.8 Å². The van der Waals surface area contributed by atoms with Crippen molar-refractivity contribution in [3.05, 3.63) is 48.0 Å². The third-order valence-corrected chi connectivity index (χ3v) is 4.89. The second kappa shape index (κ2) is 7.31. The number of pyridine rings is 1. The van der Waals surface area contributed by atoms with Crippen LogP contribution in [-0.2, 0) is 6.18 Å². The van der Waals surface area contributed by atoms with E-state index >= 15 is 0 Å². The van der Waals surface area contributed by atoms with Gasteiger partial charge in [0.25, 0.3) is 0 Å². The monoisotopic (exact) mass is 391 g/mol. The first-order valence-electron chi connectivity index (χ1n) is 9.15. The Morgan fingerprint density at radius 1 is 1.04 bits per heavy atom. The molecule has 6 nitrogen and oxygen atoms in total. The van der Waals surface area contributed by atoms with Gasteiger partial charge in [0.1, 0.15) is 5.82 Å². The Balaban J connectivity index is 1.54. The van der Waals surface area contributed by atoms with Gasteiger partial charge in [0.15, 0.2) is 5.65 Å². The Kier molecular flexibility index (Phi) is 4.84. The van der Waals surface area contributed by atoms with E-state index in [4.69, 9.17) is 0 Å². The molecule has 2 atom stereocenters. The first-order chi connectivity index (χ1) is 13.4. The predicted molar refractivity (Wildman–Crippen MR) is 99.6 cm³/mol. The quantitative estimate of drug-likeness (QED) is 0.621. The molecule has 1 aliphatic carbocycles. The van der Waals surface area contributed by atoms with E-state index in [1.165, 1.54) is 12.1 Å². The normalized spacial score (nSPS) is 20.3. The second-order valence-electron chi connectivity index (χ2n) is 6.92. The Morgan fingerprint density at radius 2 is 1.79 bits per heavy atom. The van der Waals surface area contributed by atoms with Crippen LogP contribution in [0.25, 0.3) is 5.65 Å². The number of fused-ring (bicyclic) bond motifs is 1. The molecular weight excluding hydrogens is 371 g/mol. The van der Waals surface area contributed by atoms with E-state index in [0.29, 0.717) is 17.2 Å². The van der Waals surface area contributed by atoms with Crippen LogP contribution in [0.5, 0.6) is 0 Å². The summed E-state index contributed by atoms with van der Waals surface area (Å²) in [5, 5.41) is 20.8. The summed E-state index contributed by atoms with van der Waals surface area (Å²) in [6.45, 7) is 0. The first kappa shape index (κ1) is 18.5. The molecule has 1 aromatic carbocycles. The molecule has 0 unspecified atom stereocenters. The number of aliphatic hydroxyl groups is 1. The van der Waals surface area contributed by atoms with Crippen molar-refractivity contribution in [1.29, 1.82) is 0 Å². The Morgan fingerprint density at radius 3 is 2.50 bits per heavy atom. The number of aliphatic hydroxyl groups excluding tert-OH is 1. The molecule has 0 amide bonds. The minimum atomic E-state index is -4.37. The minimum absolute atomic E-state index is 0.0464. The lowest BCUT2D eigenvalue weighted by Crippen LogP contribution is -2.36. The van der Waals surface area contributed by atoms with Crippen molar-refractivity contribution in [2.24, 2.45) is 0 Å². The van der Waals surface area contributed by atoms with Crippen molar-refractivity contribution in [1.82, 2.24) is 14.6 Å². The molecule has 3 N–H and O–H groups in total. The summed E-state index contributed by atoms with van der Waals surface area (Å²) in [6.07, 6.45) is -1.05. The zero-order valence-corrected chi connectivity index (χ0v) is 14.9. The summed E-state index contributed by atoms with van der Waals surface area (Å²) in [4.78, 5) is 4.37. The fourth-order valence-electron chi connectivity index (χ4n) is 3.41. The lowest BCUT2D eigenvalue weighted by Gasteiger charge is -2.29. The molecular formula is C19H20F3N5O. The highest BCUT2D eigenvalue weighted by Gasteiger charge is 2.30. The molecule has 0 saturated heterocycles. The van der Waals surface area contributed by atoms with Crippen molar-refractivity contribution in [3.63, 3.8) is 0 Å². The van der Waals surface area contributed by atoms with Crippen molar-refractivity contribution >= 4 is 23.1 Å². The molecule has 1 aliphatic rings. The highest BCUT2D eigenvalue weighted by Crippen LogP contribution is 2.30. The van der Waals surface area contributed by atoms with E-state index in [9.17, 15) is 18.3 Å². The summed E-state index contributed by atoms with van der Waals surface area (Å²) >= 11 is 0. The molecule has 0 bridgehead atoms. The van der Waals surface area contributed by atoms with E-state index in [2.05, 4.69) is 20.7 Å². The number of nitrogens with one attached hydrogen (secondary N) is 2. The van der Waals surface area contributed by atoms with Crippen molar-refractivity contribution in [2.45, 2.75) is 44.0 Å². The highest BCUT2D eigenvalue weighted by atomic mass is 19.4. The molecule has 2 heterocycles. The Bertz CT molecular complexity index is 954. The molecule has 1 fully saturated rings. The van der Waals surface area contributed by atoms with Gasteiger partial charge in [-0.05, 0) is 49.2 Å². The lowest BCUT2D eigenvalue weighted by molar-refractivity contribution is -0.137. The maximum atomic E-state index is 12.7. The maximum absolute atomic E-state index is 12.7. The van der Waals surface area contributed by atoms with Crippen molar-refractivity contribution in [2.75, 3.05) is 10.6 Å². The molecule has 1 saturated carbocycles. The van der Waals surface area contributed by atoms with Gasteiger partial charge < -0.3 is 15.7 Å². The molecule has 0 spiro atoms. The fourth-order valence-corrected chi connectivity index (χ4v) is 3.41. The molecule has 2 aromatic heterocycles. The fraction of sp³-hybridized carbons (Fsp3) is 0.368. The summed E-state index contributed by atoms with van der Waals surface area (Å²) in [5.74, 6) is 0.981. The zero-order valence-electron chi connectivity index (χ0n) is 14.9. The maximum Gasteiger partial charge on any atom is 0.416 e. The third-order valence-electron chi connectivity index (χ3n) is 4.89.